The van der Waals surface area contributed by atoms with E-state index in [9.17, 15) is 24.2 Å². The number of nitrogens with one attached hydrogen (secondary N) is 2. The summed E-state index contributed by atoms with van der Waals surface area (Å²) in [5, 5.41) is 31.7. The van der Waals surface area contributed by atoms with E-state index in [0.717, 1.165) is 10.6 Å². The van der Waals surface area contributed by atoms with Gasteiger partial charge in [-0.1, -0.05) is 15.9 Å². The fourth-order valence-electron chi connectivity index (χ4n) is 2.92. The predicted molar refractivity (Wildman–Crippen MR) is 99.6 cm³/mol. The molecule has 0 spiro atoms. The van der Waals surface area contributed by atoms with Gasteiger partial charge in [0.1, 0.15) is 18.0 Å². The van der Waals surface area contributed by atoms with Gasteiger partial charge in [0, 0.05) is 10.5 Å². The van der Waals surface area contributed by atoms with Crippen molar-refractivity contribution in [2.24, 2.45) is 0 Å². The van der Waals surface area contributed by atoms with Gasteiger partial charge in [0.05, 0.1) is 42.4 Å². The molecule has 1 aromatic heterocycles. The molecule has 2 heterocycles. The number of nitrogens with zero attached hydrogens (tertiary/aromatic N) is 1. The van der Waals surface area contributed by atoms with Crippen LogP contribution in [-0.2, 0) is 11.4 Å². The SMILES string of the molecule is O=C(NOCCO)c1c(Nc2ccc(Br)cc2F)cc(=O)n2c1[C@H](O)[C@H](O)C2. The van der Waals surface area contributed by atoms with Crippen LogP contribution < -0.4 is 16.4 Å². The van der Waals surface area contributed by atoms with Gasteiger partial charge in [0.15, 0.2) is 0 Å². The van der Waals surface area contributed by atoms with Crippen LogP contribution in [0, 0.1) is 5.82 Å². The molecular weight excluding hydrogens is 441 g/mol. The Labute approximate surface area is 166 Å². The number of hydrogen-bond donors (Lipinski definition) is 5. The second kappa shape index (κ2) is 8.37. The highest BCUT2D eigenvalue weighted by atomic mass is 79.9. The quantitative estimate of drug-likeness (QED) is 0.316. The largest absolute Gasteiger partial charge is 0.394 e. The van der Waals surface area contributed by atoms with Gasteiger partial charge >= 0.3 is 0 Å². The normalized spacial score (nSPS) is 18.0. The molecule has 3 rings (SSSR count). The lowest BCUT2D eigenvalue weighted by atomic mass is 10.1. The standard InChI is InChI=1S/C17H17BrFN3O6/c18-8-1-2-10(9(19)5-8)20-11-6-13(25)22-7-12(24)16(26)15(22)14(11)17(27)21-28-4-3-23/h1-2,5-6,12,16,20,23-24,26H,3-4,7H2,(H,21,27)/t12-,16-/m1/s1. The molecule has 0 aliphatic carbocycles. The highest BCUT2D eigenvalue weighted by molar-refractivity contribution is 9.10. The Morgan fingerprint density at radius 1 is 1.32 bits per heavy atom. The molecule has 9 nitrogen and oxygen atoms in total. The summed E-state index contributed by atoms with van der Waals surface area (Å²) in [7, 11) is 0. The van der Waals surface area contributed by atoms with Gasteiger partial charge in [-0.3, -0.25) is 14.4 Å². The van der Waals surface area contributed by atoms with Crippen molar-refractivity contribution >= 4 is 33.2 Å². The first-order valence-electron chi connectivity index (χ1n) is 8.22. The van der Waals surface area contributed by atoms with E-state index in [1.807, 2.05) is 0 Å². The fraction of sp³-hybridized carbons (Fsp3) is 0.294. The molecule has 150 valence electrons. The number of halogens is 2. The van der Waals surface area contributed by atoms with Crippen LogP contribution in [-0.4, -0.2) is 45.1 Å². The number of fused-ring (bicyclic) bond motifs is 1. The van der Waals surface area contributed by atoms with E-state index in [2.05, 4.69) is 26.7 Å². The first kappa shape index (κ1) is 20.4. The van der Waals surface area contributed by atoms with E-state index in [-0.39, 0.29) is 42.4 Å². The third-order valence-corrected chi connectivity index (χ3v) is 4.64. The zero-order valence-corrected chi connectivity index (χ0v) is 15.9. The van der Waals surface area contributed by atoms with Crippen molar-refractivity contribution in [3.63, 3.8) is 0 Å². The van der Waals surface area contributed by atoms with Gasteiger partial charge in [0.2, 0.25) is 0 Å². The number of amides is 1. The topological polar surface area (TPSA) is 133 Å². The van der Waals surface area contributed by atoms with Gasteiger partial charge < -0.3 is 25.2 Å². The van der Waals surface area contributed by atoms with E-state index in [1.54, 1.807) is 6.07 Å². The molecule has 0 unspecified atom stereocenters. The number of hydrogen-bond acceptors (Lipinski definition) is 7. The maximum atomic E-state index is 14.2. The predicted octanol–water partition coefficient (Wildman–Crippen LogP) is 0.555. The monoisotopic (exact) mass is 457 g/mol. The summed E-state index contributed by atoms with van der Waals surface area (Å²) >= 11 is 3.14. The van der Waals surface area contributed by atoms with Crippen LogP contribution in [0.3, 0.4) is 0 Å². The van der Waals surface area contributed by atoms with Gasteiger partial charge in [-0.15, -0.1) is 0 Å². The third kappa shape index (κ3) is 3.93. The highest BCUT2D eigenvalue weighted by Crippen LogP contribution is 2.33. The number of hydroxylamine groups is 1. The van der Waals surface area contributed by atoms with Crippen molar-refractivity contribution in [2.75, 3.05) is 18.5 Å². The molecule has 0 bridgehead atoms. The van der Waals surface area contributed by atoms with Crippen molar-refractivity contribution in [2.45, 2.75) is 18.8 Å². The van der Waals surface area contributed by atoms with Crippen LogP contribution in [0.25, 0.3) is 0 Å². The molecule has 0 saturated carbocycles. The number of rotatable bonds is 6. The number of aliphatic hydroxyl groups is 3. The number of carbonyl (C=O) groups is 1. The van der Waals surface area contributed by atoms with Gasteiger partial charge in [-0.05, 0) is 18.2 Å². The van der Waals surface area contributed by atoms with Crippen LogP contribution >= 0.6 is 15.9 Å². The summed E-state index contributed by atoms with van der Waals surface area (Å²) in [4.78, 5) is 29.8. The number of aliphatic hydroxyl groups excluding tert-OH is 3. The van der Waals surface area contributed by atoms with Crippen LogP contribution in [0.2, 0.25) is 0 Å². The van der Waals surface area contributed by atoms with Crippen LogP contribution in [0.4, 0.5) is 15.8 Å². The lowest BCUT2D eigenvalue weighted by molar-refractivity contribution is 0.0154. The van der Waals surface area contributed by atoms with Gasteiger partial charge in [-0.2, -0.15) is 0 Å². The molecule has 1 aliphatic rings. The molecule has 11 heteroatoms. The minimum absolute atomic E-state index is 0.00842. The Kier molecular flexibility index (Phi) is 6.10. The molecule has 1 aromatic carbocycles. The highest BCUT2D eigenvalue weighted by Gasteiger charge is 2.36. The van der Waals surface area contributed by atoms with E-state index in [1.165, 1.54) is 12.1 Å². The maximum Gasteiger partial charge on any atom is 0.278 e. The third-order valence-electron chi connectivity index (χ3n) is 4.15. The number of pyridine rings is 1. The summed E-state index contributed by atoms with van der Waals surface area (Å²) in [5.41, 5.74) is 1.11. The summed E-state index contributed by atoms with van der Waals surface area (Å²) in [6.45, 7) is -0.723. The van der Waals surface area contributed by atoms with E-state index < -0.39 is 29.5 Å². The minimum Gasteiger partial charge on any atom is -0.394 e. The van der Waals surface area contributed by atoms with Crippen LogP contribution in [0.5, 0.6) is 0 Å². The number of carbonyl (C=O) groups excluding carboxylic acids is 1. The summed E-state index contributed by atoms with van der Waals surface area (Å²) in [6.07, 6.45) is -2.78. The van der Waals surface area contributed by atoms with Crippen LogP contribution in [0.15, 0.2) is 33.5 Å². The second-order valence-corrected chi connectivity index (χ2v) is 6.95. The Morgan fingerprint density at radius 2 is 2.07 bits per heavy atom. The maximum absolute atomic E-state index is 14.2. The molecule has 1 amide bonds. The van der Waals surface area contributed by atoms with Crippen molar-refractivity contribution in [3.05, 3.63) is 56.2 Å². The molecule has 0 radical (unpaired) electrons. The lowest BCUT2D eigenvalue weighted by Gasteiger charge is -2.18. The molecule has 28 heavy (non-hydrogen) atoms. The fourth-order valence-corrected chi connectivity index (χ4v) is 3.25. The summed E-state index contributed by atoms with van der Waals surface area (Å²) in [6, 6.07) is 5.23. The smallest absolute Gasteiger partial charge is 0.278 e. The first-order chi connectivity index (χ1) is 13.3. The number of aromatic nitrogens is 1. The Morgan fingerprint density at radius 3 is 2.75 bits per heavy atom. The molecule has 2 aromatic rings. The zero-order chi connectivity index (χ0) is 20.4. The van der Waals surface area contributed by atoms with Crippen molar-refractivity contribution in [1.82, 2.24) is 10.0 Å². The summed E-state index contributed by atoms with van der Waals surface area (Å²) in [5.74, 6) is -1.48. The first-order valence-corrected chi connectivity index (χ1v) is 9.01. The summed E-state index contributed by atoms with van der Waals surface area (Å²) < 4.78 is 15.8. The second-order valence-electron chi connectivity index (χ2n) is 6.03. The van der Waals surface area contributed by atoms with Crippen LogP contribution in [0.1, 0.15) is 22.2 Å². The van der Waals surface area contributed by atoms with Gasteiger partial charge in [-0.25, -0.2) is 9.87 Å². The zero-order valence-electron chi connectivity index (χ0n) is 14.4. The van der Waals surface area contributed by atoms with E-state index in [0.29, 0.717) is 4.47 Å². The Bertz CT molecular complexity index is 967. The van der Waals surface area contributed by atoms with Crippen molar-refractivity contribution in [1.29, 1.82) is 0 Å². The molecular formula is C17H17BrFN3O6. The Balaban J connectivity index is 2.09. The molecule has 1 aliphatic heterocycles. The number of anilines is 2. The average molecular weight is 458 g/mol. The Hall–Kier alpha value is -2.31. The van der Waals surface area contributed by atoms with E-state index >= 15 is 0 Å². The minimum atomic E-state index is -1.50. The van der Waals surface area contributed by atoms with Crippen molar-refractivity contribution in [3.8, 4) is 0 Å². The molecule has 0 fully saturated rings. The molecule has 2 atom stereocenters. The van der Waals surface area contributed by atoms with E-state index in [4.69, 9.17) is 9.94 Å². The average Bonchev–Trinajstić information content (AvgIpc) is 2.94. The lowest BCUT2D eigenvalue weighted by Crippen LogP contribution is -2.31. The molecule has 5 N–H and O–H groups in total. The van der Waals surface area contributed by atoms with Gasteiger partial charge in [0.25, 0.3) is 11.5 Å². The molecule has 0 saturated heterocycles. The van der Waals surface area contributed by atoms with Crippen molar-refractivity contribution < 1.29 is 29.3 Å². The number of benzene rings is 1.